The van der Waals surface area contributed by atoms with Crippen molar-refractivity contribution in [2.45, 2.75) is 32.7 Å². The van der Waals surface area contributed by atoms with Gasteiger partial charge in [0.15, 0.2) is 11.6 Å². The third kappa shape index (κ3) is 3.11. The van der Waals surface area contributed by atoms with E-state index in [2.05, 4.69) is 26.1 Å². The molecule has 0 saturated carbocycles. The van der Waals surface area contributed by atoms with Crippen molar-refractivity contribution in [1.29, 1.82) is 0 Å². The van der Waals surface area contributed by atoms with Crippen LogP contribution in [0, 0.1) is 0 Å². The molecule has 2 rings (SSSR count). The van der Waals surface area contributed by atoms with Crippen molar-refractivity contribution < 1.29 is 18.3 Å². The molecular weight excluding hydrogens is 351 g/mol. The molecule has 0 aliphatic carbocycles. The van der Waals surface area contributed by atoms with E-state index in [1.165, 1.54) is 6.07 Å². The van der Waals surface area contributed by atoms with Crippen molar-refractivity contribution in [2.24, 2.45) is 0 Å². The van der Waals surface area contributed by atoms with E-state index in [4.69, 9.17) is 0 Å². The van der Waals surface area contributed by atoms with Gasteiger partial charge in [-0.2, -0.15) is 13.2 Å². The second-order valence-electron chi connectivity index (χ2n) is 4.75. The smallest absolute Gasteiger partial charge is 0.388 e. The molecule has 0 unspecified atom stereocenters. The van der Waals surface area contributed by atoms with Crippen LogP contribution in [-0.4, -0.2) is 19.9 Å². The zero-order chi connectivity index (χ0) is 15.8. The molecule has 1 aromatic carbocycles. The Morgan fingerprint density at radius 3 is 2.48 bits per heavy atom. The van der Waals surface area contributed by atoms with Gasteiger partial charge in [0, 0.05) is 16.1 Å². The lowest BCUT2D eigenvalue weighted by molar-refractivity contribution is -0.137. The van der Waals surface area contributed by atoms with E-state index < -0.39 is 11.7 Å². The highest BCUT2D eigenvalue weighted by molar-refractivity contribution is 9.10. The van der Waals surface area contributed by atoms with E-state index >= 15 is 0 Å². The number of benzene rings is 1. The van der Waals surface area contributed by atoms with Crippen molar-refractivity contribution >= 4 is 15.9 Å². The first kappa shape index (κ1) is 16.0. The number of aliphatic hydroxyl groups is 1. The number of hydrogen-bond donors (Lipinski definition) is 1. The minimum Gasteiger partial charge on any atom is -0.388 e. The fraction of sp³-hybridized carbons (Fsp3) is 0.385. The lowest BCUT2D eigenvalue weighted by Crippen LogP contribution is -2.09. The molecule has 1 aromatic heterocycles. The predicted molar refractivity (Wildman–Crippen MR) is 74.5 cm³/mol. The molecule has 8 heteroatoms. The third-order valence-corrected chi connectivity index (χ3v) is 3.65. The zero-order valence-corrected chi connectivity index (χ0v) is 12.9. The van der Waals surface area contributed by atoms with E-state index in [9.17, 15) is 18.3 Å². The molecule has 1 heterocycles. The number of hydrogen-bond acceptors (Lipinski definition) is 3. The zero-order valence-electron chi connectivity index (χ0n) is 11.3. The minimum absolute atomic E-state index is 0.0985. The van der Waals surface area contributed by atoms with Gasteiger partial charge in [-0.25, -0.2) is 0 Å². The molecule has 21 heavy (non-hydrogen) atoms. The second-order valence-corrected chi connectivity index (χ2v) is 5.61. The van der Waals surface area contributed by atoms with Crippen LogP contribution in [0.25, 0.3) is 11.4 Å². The van der Waals surface area contributed by atoms with Gasteiger partial charge in [0.25, 0.3) is 0 Å². The molecule has 0 aliphatic heterocycles. The Morgan fingerprint density at radius 1 is 1.29 bits per heavy atom. The van der Waals surface area contributed by atoms with Gasteiger partial charge in [0.05, 0.1) is 5.56 Å². The van der Waals surface area contributed by atoms with Gasteiger partial charge in [-0.15, -0.1) is 10.2 Å². The van der Waals surface area contributed by atoms with Gasteiger partial charge in [-0.1, -0.05) is 15.9 Å². The summed E-state index contributed by atoms with van der Waals surface area (Å²) in [4.78, 5) is 0. The number of halogens is 4. The van der Waals surface area contributed by atoms with Crippen molar-refractivity contribution in [3.63, 3.8) is 0 Å². The maximum absolute atomic E-state index is 12.8. The van der Waals surface area contributed by atoms with Crippen LogP contribution in [0.15, 0.2) is 22.7 Å². The summed E-state index contributed by atoms with van der Waals surface area (Å²) in [6, 6.07) is 3.25. The Bertz CT molecular complexity index is 653. The summed E-state index contributed by atoms with van der Waals surface area (Å²) in [5.41, 5.74) is -0.477. The normalized spacial score (nSPS) is 12.2. The molecule has 0 aliphatic rings. The Kier molecular flexibility index (Phi) is 4.38. The molecule has 0 bridgehead atoms. The molecule has 114 valence electrons. The lowest BCUT2D eigenvalue weighted by Gasteiger charge is -2.15. The van der Waals surface area contributed by atoms with Crippen molar-refractivity contribution in [2.75, 3.05) is 0 Å². The molecule has 0 saturated heterocycles. The van der Waals surface area contributed by atoms with Crippen molar-refractivity contribution in [3.05, 3.63) is 34.1 Å². The molecule has 0 spiro atoms. The lowest BCUT2D eigenvalue weighted by atomic mass is 10.1. The van der Waals surface area contributed by atoms with E-state index in [-0.39, 0.29) is 24.0 Å². The fourth-order valence-electron chi connectivity index (χ4n) is 2.03. The molecular formula is C13H13BrF3N3O. The first-order valence-corrected chi connectivity index (χ1v) is 6.96. The standard InChI is InChI=1S/C13H13BrF3N3O/c1-7(2)20-11(6-21)18-19-12(20)9-5-8(13(15,16)17)3-4-10(9)14/h3-5,7,21H,6H2,1-2H3. The van der Waals surface area contributed by atoms with Crippen molar-refractivity contribution in [3.8, 4) is 11.4 Å². The third-order valence-electron chi connectivity index (χ3n) is 2.96. The van der Waals surface area contributed by atoms with Crippen LogP contribution in [0.5, 0.6) is 0 Å². The summed E-state index contributed by atoms with van der Waals surface area (Å²) in [6.07, 6.45) is -4.43. The summed E-state index contributed by atoms with van der Waals surface area (Å²) < 4.78 is 40.6. The van der Waals surface area contributed by atoms with Gasteiger partial charge < -0.3 is 9.67 Å². The quantitative estimate of drug-likeness (QED) is 0.902. The SMILES string of the molecule is CC(C)n1c(CO)nnc1-c1cc(C(F)(F)F)ccc1Br. The molecule has 4 nitrogen and oxygen atoms in total. The number of alkyl halides is 3. The number of nitrogens with zero attached hydrogens (tertiary/aromatic N) is 3. The van der Waals surface area contributed by atoms with E-state index in [0.717, 1.165) is 12.1 Å². The average Bonchev–Trinajstić information content (AvgIpc) is 2.81. The van der Waals surface area contributed by atoms with Gasteiger partial charge in [-0.3, -0.25) is 0 Å². The van der Waals surface area contributed by atoms with E-state index in [1.54, 1.807) is 4.57 Å². The number of rotatable bonds is 3. The van der Waals surface area contributed by atoms with Crippen LogP contribution in [-0.2, 0) is 12.8 Å². The van der Waals surface area contributed by atoms with Crippen LogP contribution >= 0.6 is 15.9 Å². The van der Waals surface area contributed by atoms with Crippen LogP contribution in [0.3, 0.4) is 0 Å². The first-order valence-electron chi connectivity index (χ1n) is 6.17. The maximum Gasteiger partial charge on any atom is 0.416 e. The van der Waals surface area contributed by atoms with E-state index in [1.807, 2.05) is 13.8 Å². The Balaban J connectivity index is 2.64. The van der Waals surface area contributed by atoms with Gasteiger partial charge in [0.2, 0.25) is 0 Å². The summed E-state index contributed by atoms with van der Waals surface area (Å²) in [5, 5.41) is 17.0. The largest absolute Gasteiger partial charge is 0.416 e. The van der Waals surface area contributed by atoms with Crippen molar-refractivity contribution in [1.82, 2.24) is 14.8 Å². The summed E-state index contributed by atoms with van der Waals surface area (Å²) in [6.45, 7) is 3.35. The highest BCUT2D eigenvalue weighted by atomic mass is 79.9. The summed E-state index contributed by atoms with van der Waals surface area (Å²) in [7, 11) is 0. The summed E-state index contributed by atoms with van der Waals surface area (Å²) >= 11 is 3.24. The van der Waals surface area contributed by atoms with Crippen LogP contribution in [0.4, 0.5) is 13.2 Å². The highest BCUT2D eigenvalue weighted by Gasteiger charge is 2.31. The maximum atomic E-state index is 12.8. The van der Waals surface area contributed by atoms with Gasteiger partial charge >= 0.3 is 6.18 Å². The highest BCUT2D eigenvalue weighted by Crippen LogP contribution is 2.36. The molecule has 1 N–H and O–H groups in total. The van der Waals surface area contributed by atoms with E-state index in [0.29, 0.717) is 10.3 Å². The molecule has 0 atom stereocenters. The minimum atomic E-state index is -4.43. The molecule has 0 radical (unpaired) electrons. The van der Waals surface area contributed by atoms with Gasteiger partial charge in [0.1, 0.15) is 6.61 Å². The Hall–Kier alpha value is -1.41. The van der Waals surface area contributed by atoms with Crippen LogP contribution in [0.2, 0.25) is 0 Å². The summed E-state index contributed by atoms with van der Waals surface area (Å²) in [5.74, 6) is 0.594. The van der Waals surface area contributed by atoms with Crippen LogP contribution in [0.1, 0.15) is 31.3 Å². The van der Waals surface area contributed by atoms with Crippen LogP contribution < -0.4 is 0 Å². The fourth-order valence-corrected chi connectivity index (χ4v) is 2.45. The Morgan fingerprint density at radius 2 is 1.95 bits per heavy atom. The molecule has 2 aromatic rings. The monoisotopic (exact) mass is 363 g/mol. The number of aliphatic hydroxyl groups excluding tert-OH is 1. The molecule has 0 amide bonds. The molecule has 0 fully saturated rings. The Labute approximate surface area is 127 Å². The average molecular weight is 364 g/mol. The first-order chi connectivity index (χ1) is 9.75. The van der Waals surface area contributed by atoms with Gasteiger partial charge in [-0.05, 0) is 32.0 Å². The topological polar surface area (TPSA) is 50.9 Å². The number of aromatic nitrogens is 3. The predicted octanol–water partition coefficient (Wildman–Crippen LogP) is 3.80. The second kappa shape index (κ2) is 5.76.